The lowest BCUT2D eigenvalue weighted by Gasteiger charge is -2.18. The first kappa shape index (κ1) is 19.9. The van der Waals surface area contributed by atoms with Gasteiger partial charge in [0.25, 0.3) is 5.91 Å². The van der Waals surface area contributed by atoms with E-state index < -0.39 is 28.7 Å². The summed E-state index contributed by atoms with van der Waals surface area (Å²) in [7, 11) is 1.61. The van der Waals surface area contributed by atoms with Crippen LogP contribution in [0.25, 0.3) is 11.0 Å². The number of aromatic hydroxyl groups is 1. The molecule has 0 radical (unpaired) electrons. The van der Waals surface area contributed by atoms with Gasteiger partial charge in [-0.25, -0.2) is 9.78 Å². The first-order valence-corrected chi connectivity index (χ1v) is 8.78. The predicted octanol–water partition coefficient (Wildman–Crippen LogP) is 1.79. The molecule has 150 valence electrons. The van der Waals surface area contributed by atoms with E-state index in [9.17, 15) is 24.7 Å². The van der Waals surface area contributed by atoms with Crippen molar-refractivity contribution in [2.24, 2.45) is 0 Å². The second-order valence-corrected chi connectivity index (χ2v) is 6.30. The van der Waals surface area contributed by atoms with Gasteiger partial charge in [0, 0.05) is 19.8 Å². The summed E-state index contributed by atoms with van der Waals surface area (Å²) in [6, 6.07) is 10.6. The number of aromatic nitrogens is 2. The Morgan fingerprint density at radius 3 is 2.59 bits per heavy atom. The standard InChI is InChI=1S/C20H19N3O6/c1-3-29-20(27)15-16(24)14-9-13(10-21-17(14)23(28)19(15)26)18(25)22(2)11-12-7-5-4-6-8-12/h4-10,24,28H,3,11H2,1-2H3. The zero-order valence-corrected chi connectivity index (χ0v) is 15.8. The van der Waals surface area contributed by atoms with E-state index in [1.54, 1.807) is 7.05 Å². The Balaban J connectivity index is 2.03. The first-order chi connectivity index (χ1) is 13.8. The fraction of sp³-hybridized carbons (Fsp3) is 0.200. The number of hydrogen-bond donors (Lipinski definition) is 2. The molecular weight excluding hydrogens is 378 g/mol. The Morgan fingerprint density at radius 1 is 1.24 bits per heavy atom. The van der Waals surface area contributed by atoms with Crippen molar-refractivity contribution in [3.05, 3.63) is 69.6 Å². The molecule has 2 aromatic heterocycles. The quantitative estimate of drug-likeness (QED) is 0.497. The molecule has 0 bridgehead atoms. The largest absolute Gasteiger partial charge is 0.506 e. The number of carbonyl (C=O) groups is 2. The van der Waals surface area contributed by atoms with Gasteiger partial charge in [0.1, 0.15) is 5.75 Å². The van der Waals surface area contributed by atoms with Crippen LogP contribution in [0.15, 0.2) is 47.4 Å². The lowest BCUT2D eigenvalue weighted by Crippen LogP contribution is -2.28. The highest BCUT2D eigenvalue weighted by atomic mass is 16.5. The number of ether oxygens (including phenoxy) is 1. The molecule has 0 saturated carbocycles. The van der Waals surface area contributed by atoms with Gasteiger partial charge in [-0.1, -0.05) is 30.3 Å². The van der Waals surface area contributed by atoms with Crippen LogP contribution in [-0.4, -0.2) is 50.5 Å². The van der Waals surface area contributed by atoms with Crippen LogP contribution in [0.5, 0.6) is 5.75 Å². The molecule has 0 fully saturated rings. The monoisotopic (exact) mass is 397 g/mol. The van der Waals surface area contributed by atoms with Gasteiger partial charge in [-0.2, -0.15) is 0 Å². The van der Waals surface area contributed by atoms with Crippen molar-refractivity contribution in [2.75, 3.05) is 13.7 Å². The number of fused-ring (bicyclic) bond motifs is 1. The first-order valence-electron chi connectivity index (χ1n) is 8.78. The number of carbonyl (C=O) groups excluding carboxylic acids is 2. The SMILES string of the molecule is CCOC(=O)c1c(O)c2cc(C(=O)N(C)Cc3ccccc3)cnc2n(O)c1=O. The van der Waals surface area contributed by atoms with Crippen molar-refractivity contribution in [1.82, 2.24) is 14.6 Å². The van der Waals surface area contributed by atoms with Gasteiger partial charge < -0.3 is 20.0 Å². The molecule has 0 aliphatic rings. The molecule has 9 nitrogen and oxygen atoms in total. The zero-order valence-electron chi connectivity index (χ0n) is 15.8. The summed E-state index contributed by atoms with van der Waals surface area (Å²) < 4.78 is 4.90. The number of esters is 1. The molecule has 1 amide bonds. The summed E-state index contributed by atoms with van der Waals surface area (Å²) in [4.78, 5) is 42.3. The van der Waals surface area contributed by atoms with Gasteiger partial charge >= 0.3 is 11.5 Å². The van der Waals surface area contributed by atoms with E-state index in [2.05, 4.69) is 4.98 Å². The van der Waals surface area contributed by atoms with E-state index in [1.807, 2.05) is 30.3 Å². The Labute approximate surface area is 165 Å². The average Bonchev–Trinajstić information content (AvgIpc) is 2.72. The van der Waals surface area contributed by atoms with Crippen molar-refractivity contribution in [2.45, 2.75) is 13.5 Å². The van der Waals surface area contributed by atoms with Gasteiger partial charge in [0.05, 0.1) is 17.6 Å². The summed E-state index contributed by atoms with van der Waals surface area (Å²) in [5.41, 5.74) is -1.15. The molecule has 0 aliphatic heterocycles. The Kier molecular flexibility index (Phi) is 5.49. The topological polar surface area (TPSA) is 122 Å². The number of rotatable bonds is 5. The molecule has 29 heavy (non-hydrogen) atoms. The lowest BCUT2D eigenvalue weighted by molar-refractivity contribution is 0.0515. The van der Waals surface area contributed by atoms with Crippen LogP contribution >= 0.6 is 0 Å². The van der Waals surface area contributed by atoms with Crippen molar-refractivity contribution in [3.8, 4) is 5.75 Å². The smallest absolute Gasteiger partial charge is 0.347 e. The second-order valence-electron chi connectivity index (χ2n) is 6.30. The Hall–Kier alpha value is -3.88. The summed E-state index contributed by atoms with van der Waals surface area (Å²) in [6.07, 6.45) is 1.18. The van der Waals surface area contributed by atoms with Gasteiger partial charge in [0.2, 0.25) is 0 Å². The van der Waals surface area contributed by atoms with Crippen LogP contribution in [0, 0.1) is 0 Å². The second kappa shape index (κ2) is 8.01. The van der Waals surface area contributed by atoms with E-state index in [0.29, 0.717) is 6.54 Å². The fourth-order valence-electron chi connectivity index (χ4n) is 2.89. The predicted molar refractivity (Wildman–Crippen MR) is 103 cm³/mol. The normalized spacial score (nSPS) is 10.7. The van der Waals surface area contributed by atoms with E-state index in [4.69, 9.17) is 4.74 Å². The molecule has 9 heteroatoms. The molecule has 1 aromatic carbocycles. The molecule has 0 unspecified atom stereocenters. The number of amides is 1. The molecule has 2 N–H and O–H groups in total. The van der Waals surface area contributed by atoms with Crippen LogP contribution in [-0.2, 0) is 11.3 Å². The van der Waals surface area contributed by atoms with Crippen molar-refractivity contribution >= 4 is 22.9 Å². The van der Waals surface area contributed by atoms with E-state index in [1.165, 1.54) is 24.1 Å². The van der Waals surface area contributed by atoms with E-state index >= 15 is 0 Å². The number of nitrogens with zero attached hydrogens (tertiary/aromatic N) is 3. The zero-order chi connectivity index (χ0) is 21.1. The summed E-state index contributed by atoms with van der Waals surface area (Å²) >= 11 is 0. The summed E-state index contributed by atoms with van der Waals surface area (Å²) in [6.45, 7) is 1.86. The maximum Gasteiger partial charge on any atom is 0.347 e. The van der Waals surface area contributed by atoms with Crippen molar-refractivity contribution in [1.29, 1.82) is 0 Å². The maximum absolute atomic E-state index is 12.8. The molecule has 3 rings (SSSR count). The van der Waals surface area contributed by atoms with Crippen LogP contribution in [0.1, 0.15) is 33.2 Å². The van der Waals surface area contributed by atoms with E-state index in [0.717, 1.165) is 5.56 Å². The highest BCUT2D eigenvalue weighted by molar-refractivity contribution is 6.02. The number of pyridine rings is 2. The van der Waals surface area contributed by atoms with Crippen LogP contribution < -0.4 is 5.56 Å². The van der Waals surface area contributed by atoms with Gasteiger partial charge in [-0.3, -0.25) is 9.59 Å². The maximum atomic E-state index is 12.8. The molecule has 0 aliphatic carbocycles. The van der Waals surface area contributed by atoms with Gasteiger partial charge in [-0.15, -0.1) is 4.73 Å². The minimum absolute atomic E-state index is 0.0256. The van der Waals surface area contributed by atoms with Crippen LogP contribution in [0.4, 0.5) is 0 Å². The number of hydrogen-bond acceptors (Lipinski definition) is 7. The van der Waals surface area contributed by atoms with Crippen LogP contribution in [0.3, 0.4) is 0 Å². The third-order valence-corrected chi connectivity index (χ3v) is 4.30. The third-order valence-electron chi connectivity index (χ3n) is 4.30. The van der Waals surface area contributed by atoms with Crippen molar-refractivity contribution in [3.63, 3.8) is 0 Å². The Morgan fingerprint density at radius 2 is 1.93 bits per heavy atom. The minimum atomic E-state index is -1.17. The van der Waals surface area contributed by atoms with E-state index in [-0.39, 0.29) is 27.9 Å². The summed E-state index contributed by atoms with van der Waals surface area (Å²) in [5, 5.41) is 20.4. The summed E-state index contributed by atoms with van der Waals surface area (Å²) in [5.74, 6) is -2.18. The van der Waals surface area contributed by atoms with Gasteiger partial charge in [0.15, 0.2) is 11.2 Å². The van der Waals surface area contributed by atoms with Gasteiger partial charge in [-0.05, 0) is 18.6 Å². The molecule has 2 heterocycles. The Bertz CT molecular complexity index is 1140. The van der Waals surface area contributed by atoms with Crippen LogP contribution in [0.2, 0.25) is 0 Å². The highest BCUT2D eigenvalue weighted by Gasteiger charge is 2.25. The minimum Gasteiger partial charge on any atom is -0.506 e. The average molecular weight is 397 g/mol. The highest BCUT2D eigenvalue weighted by Crippen LogP contribution is 2.26. The molecular formula is C20H19N3O6. The fourth-order valence-corrected chi connectivity index (χ4v) is 2.89. The molecule has 0 saturated heterocycles. The number of benzene rings is 1. The molecule has 0 spiro atoms. The molecule has 0 atom stereocenters. The lowest BCUT2D eigenvalue weighted by atomic mass is 10.1. The third kappa shape index (κ3) is 3.75. The van der Waals surface area contributed by atoms with Crippen molar-refractivity contribution < 1.29 is 24.6 Å². The molecule has 3 aromatic rings.